The number of benzene rings is 3. The lowest BCUT2D eigenvalue weighted by molar-refractivity contribution is -0.115. The minimum absolute atomic E-state index is 0.0104. The highest BCUT2D eigenvalue weighted by Gasteiger charge is 2.27. The first-order valence-electron chi connectivity index (χ1n) is 8.96. The van der Waals surface area contributed by atoms with Crippen molar-refractivity contribution in [2.24, 2.45) is 0 Å². The van der Waals surface area contributed by atoms with Crippen molar-refractivity contribution in [1.82, 2.24) is 0 Å². The zero-order valence-corrected chi connectivity index (χ0v) is 15.8. The number of rotatable bonds is 4. The molecule has 3 aromatic rings. The number of anilines is 3. The van der Waals surface area contributed by atoms with Crippen LogP contribution in [0.3, 0.4) is 0 Å². The van der Waals surface area contributed by atoms with Crippen LogP contribution in [0.1, 0.15) is 5.56 Å². The van der Waals surface area contributed by atoms with E-state index in [4.69, 9.17) is 0 Å². The van der Waals surface area contributed by atoms with Gasteiger partial charge in [0.1, 0.15) is 0 Å². The summed E-state index contributed by atoms with van der Waals surface area (Å²) in [6.45, 7) is 0. The van der Waals surface area contributed by atoms with Gasteiger partial charge in [-0.25, -0.2) is 4.79 Å². The van der Waals surface area contributed by atoms with Crippen LogP contribution >= 0.6 is 11.8 Å². The molecule has 1 aliphatic rings. The summed E-state index contributed by atoms with van der Waals surface area (Å²) < 4.78 is 0. The van der Waals surface area contributed by atoms with E-state index in [2.05, 4.69) is 22.0 Å². The molecule has 1 aliphatic heterocycles. The summed E-state index contributed by atoms with van der Waals surface area (Å²) in [5.74, 6) is -0.0104. The van der Waals surface area contributed by atoms with E-state index in [1.165, 1.54) is 10.5 Å². The maximum atomic E-state index is 12.5. The van der Waals surface area contributed by atoms with Crippen molar-refractivity contribution in [3.63, 3.8) is 0 Å². The standard InChI is InChI=1S/C22H19N3O2S/c26-21(20-14-15-6-4-5-9-19(15)28-20)23-17-10-12-18(13-11-17)25-22(27)24-16-7-2-1-3-8-16/h1-13,20H,14H2,(H,23,26)(H2,24,25,27)/t20-/m1/s1. The molecule has 0 radical (unpaired) electrons. The fourth-order valence-electron chi connectivity index (χ4n) is 3.00. The predicted octanol–water partition coefficient (Wildman–Crippen LogP) is 4.99. The molecule has 0 saturated carbocycles. The molecular formula is C22H19N3O2S. The van der Waals surface area contributed by atoms with E-state index in [1.807, 2.05) is 48.5 Å². The number of nitrogens with one attached hydrogen (secondary N) is 3. The number of thioether (sulfide) groups is 1. The zero-order chi connectivity index (χ0) is 19.3. The molecule has 0 spiro atoms. The van der Waals surface area contributed by atoms with Crippen molar-refractivity contribution in [2.75, 3.05) is 16.0 Å². The van der Waals surface area contributed by atoms with Gasteiger partial charge < -0.3 is 16.0 Å². The fourth-order valence-corrected chi connectivity index (χ4v) is 4.20. The maximum absolute atomic E-state index is 12.5. The first kappa shape index (κ1) is 18.1. The average molecular weight is 389 g/mol. The molecule has 0 unspecified atom stereocenters. The smallest absolute Gasteiger partial charge is 0.323 e. The zero-order valence-electron chi connectivity index (χ0n) is 15.0. The van der Waals surface area contributed by atoms with Crippen LogP contribution in [-0.4, -0.2) is 17.2 Å². The van der Waals surface area contributed by atoms with E-state index in [-0.39, 0.29) is 17.2 Å². The Balaban J connectivity index is 1.31. The van der Waals surface area contributed by atoms with Gasteiger partial charge in [0.25, 0.3) is 0 Å². The van der Waals surface area contributed by atoms with Gasteiger partial charge in [0, 0.05) is 22.0 Å². The van der Waals surface area contributed by atoms with Gasteiger partial charge in [0.2, 0.25) is 5.91 Å². The molecule has 0 fully saturated rings. The van der Waals surface area contributed by atoms with Crippen LogP contribution in [0.15, 0.2) is 83.8 Å². The predicted molar refractivity (Wildman–Crippen MR) is 114 cm³/mol. The van der Waals surface area contributed by atoms with Crippen molar-refractivity contribution in [1.29, 1.82) is 0 Å². The van der Waals surface area contributed by atoms with Gasteiger partial charge in [-0.05, 0) is 54.4 Å². The number of fused-ring (bicyclic) bond motifs is 1. The molecule has 3 amide bonds. The highest BCUT2D eigenvalue weighted by atomic mass is 32.2. The molecule has 1 heterocycles. The highest BCUT2D eigenvalue weighted by Crippen LogP contribution is 2.37. The van der Waals surface area contributed by atoms with Crippen molar-refractivity contribution < 1.29 is 9.59 Å². The van der Waals surface area contributed by atoms with Crippen molar-refractivity contribution >= 4 is 40.8 Å². The number of para-hydroxylation sites is 1. The Hall–Kier alpha value is -3.25. The van der Waals surface area contributed by atoms with E-state index in [9.17, 15) is 9.59 Å². The quantitative estimate of drug-likeness (QED) is 0.589. The molecular weight excluding hydrogens is 370 g/mol. The SMILES string of the molecule is O=C(Nc1ccccc1)Nc1ccc(NC(=O)[C@H]2Cc3ccccc3S2)cc1. The maximum Gasteiger partial charge on any atom is 0.323 e. The van der Waals surface area contributed by atoms with E-state index >= 15 is 0 Å². The topological polar surface area (TPSA) is 70.2 Å². The first-order chi connectivity index (χ1) is 13.7. The Morgan fingerprint density at radius 2 is 1.29 bits per heavy atom. The minimum atomic E-state index is -0.317. The summed E-state index contributed by atoms with van der Waals surface area (Å²) >= 11 is 1.60. The van der Waals surface area contributed by atoms with Gasteiger partial charge in [0.05, 0.1) is 5.25 Å². The molecule has 0 saturated heterocycles. The largest absolute Gasteiger partial charge is 0.325 e. The number of hydrogen-bond acceptors (Lipinski definition) is 3. The molecule has 1 atom stereocenters. The van der Waals surface area contributed by atoms with E-state index in [1.54, 1.807) is 36.0 Å². The number of carbonyl (C=O) groups is 2. The summed E-state index contributed by atoms with van der Waals surface area (Å²) in [4.78, 5) is 25.7. The van der Waals surface area contributed by atoms with Gasteiger partial charge in [0.15, 0.2) is 0 Å². The number of carbonyl (C=O) groups excluding carboxylic acids is 2. The van der Waals surface area contributed by atoms with Crippen LogP contribution in [0.2, 0.25) is 0 Å². The Morgan fingerprint density at radius 3 is 1.96 bits per heavy atom. The van der Waals surface area contributed by atoms with Crippen LogP contribution in [0.25, 0.3) is 0 Å². The van der Waals surface area contributed by atoms with E-state index in [0.717, 1.165) is 12.1 Å². The molecule has 6 heteroatoms. The molecule has 0 aliphatic carbocycles. The third kappa shape index (κ3) is 4.35. The van der Waals surface area contributed by atoms with Gasteiger partial charge in [-0.15, -0.1) is 11.8 Å². The minimum Gasteiger partial charge on any atom is -0.325 e. The molecule has 3 N–H and O–H groups in total. The summed E-state index contributed by atoms with van der Waals surface area (Å²) in [6.07, 6.45) is 0.742. The third-order valence-corrected chi connectivity index (χ3v) is 5.70. The number of urea groups is 1. The van der Waals surface area contributed by atoms with E-state index < -0.39 is 0 Å². The summed E-state index contributed by atoms with van der Waals surface area (Å²) in [5.41, 5.74) is 3.29. The monoisotopic (exact) mass is 389 g/mol. The molecule has 4 rings (SSSR count). The molecule has 0 bridgehead atoms. The van der Waals surface area contributed by atoms with Crippen LogP contribution in [0.5, 0.6) is 0 Å². The summed E-state index contributed by atoms with van der Waals surface area (Å²) in [6, 6.07) is 24.1. The third-order valence-electron chi connectivity index (χ3n) is 4.38. The Kier molecular flexibility index (Phi) is 5.30. The van der Waals surface area contributed by atoms with Gasteiger partial charge >= 0.3 is 6.03 Å². The highest BCUT2D eigenvalue weighted by molar-refractivity contribution is 8.01. The lowest BCUT2D eigenvalue weighted by Crippen LogP contribution is -2.24. The molecule has 140 valence electrons. The van der Waals surface area contributed by atoms with E-state index in [0.29, 0.717) is 11.4 Å². The Labute approximate surface area is 167 Å². The number of amides is 3. The first-order valence-corrected chi connectivity index (χ1v) is 9.84. The molecule has 28 heavy (non-hydrogen) atoms. The normalized spacial score (nSPS) is 14.8. The van der Waals surface area contributed by atoms with Crippen LogP contribution in [-0.2, 0) is 11.2 Å². The second-order valence-corrected chi connectivity index (χ2v) is 7.67. The summed E-state index contributed by atoms with van der Waals surface area (Å²) in [7, 11) is 0. The molecule has 3 aromatic carbocycles. The lowest BCUT2D eigenvalue weighted by Gasteiger charge is -2.11. The van der Waals surface area contributed by atoms with Gasteiger partial charge in [-0.3, -0.25) is 4.79 Å². The average Bonchev–Trinajstić information content (AvgIpc) is 3.15. The number of hydrogen-bond donors (Lipinski definition) is 3. The van der Waals surface area contributed by atoms with Gasteiger partial charge in [-0.1, -0.05) is 36.4 Å². The van der Waals surface area contributed by atoms with Crippen molar-refractivity contribution in [2.45, 2.75) is 16.6 Å². The second kappa shape index (κ2) is 8.19. The fraction of sp³-hybridized carbons (Fsp3) is 0.0909. The van der Waals surface area contributed by atoms with Crippen molar-refractivity contribution in [3.05, 3.63) is 84.4 Å². The van der Waals surface area contributed by atoms with Crippen LogP contribution in [0, 0.1) is 0 Å². The lowest BCUT2D eigenvalue weighted by atomic mass is 10.1. The second-order valence-electron chi connectivity index (χ2n) is 6.43. The van der Waals surface area contributed by atoms with Crippen molar-refractivity contribution in [3.8, 4) is 0 Å². The summed E-state index contributed by atoms with van der Waals surface area (Å²) in [5, 5.41) is 8.36. The van der Waals surface area contributed by atoms with Gasteiger partial charge in [-0.2, -0.15) is 0 Å². The Bertz CT molecular complexity index is 965. The Morgan fingerprint density at radius 1 is 0.714 bits per heavy atom. The van der Waals surface area contributed by atoms with Crippen LogP contribution in [0.4, 0.5) is 21.9 Å². The molecule has 5 nitrogen and oxygen atoms in total. The molecule has 0 aromatic heterocycles. The van der Waals surface area contributed by atoms with Crippen LogP contribution < -0.4 is 16.0 Å².